The fourth-order valence-electron chi connectivity index (χ4n) is 3.36. The van der Waals surface area contributed by atoms with Gasteiger partial charge in [0.25, 0.3) is 0 Å². The molecule has 3 heterocycles. The number of nitrogens with zero attached hydrogens (tertiary/aromatic N) is 4. The molecule has 11 nitrogen and oxygen atoms in total. The van der Waals surface area contributed by atoms with Gasteiger partial charge < -0.3 is 30.7 Å². The van der Waals surface area contributed by atoms with E-state index in [1.165, 1.54) is 17.2 Å². The number of rotatable bonds is 6. The van der Waals surface area contributed by atoms with Gasteiger partial charge in [-0.3, -0.25) is 9.36 Å². The Hall–Kier alpha value is -3.12. The predicted molar refractivity (Wildman–Crippen MR) is 106 cm³/mol. The van der Waals surface area contributed by atoms with E-state index in [1.807, 2.05) is 24.3 Å². The summed E-state index contributed by atoms with van der Waals surface area (Å²) in [6.07, 6.45) is -1.20. The lowest BCUT2D eigenvalue weighted by molar-refractivity contribution is -0.119. The van der Waals surface area contributed by atoms with Crippen molar-refractivity contribution >= 4 is 28.6 Å². The molecule has 1 fully saturated rings. The van der Waals surface area contributed by atoms with Gasteiger partial charge in [-0.25, -0.2) is 15.0 Å². The van der Waals surface area contributed by atoms with Crippen LogP contribution in [0.1, 0.15) is 11.8 Å². The van der Waals surface area contributed by atoms with Crippen molar-refractivity contribution in [1.82, 2.24) is 24.8 Å². The van der Waals surface area contributed by atoms with Crippen LogP contribution in [0.15, 0.2) is 36.9 Å². The van der Waals surface area contributed by atoms with Gasteiger partial charge in [0.05, 0.1) is 19.4 Å². The Morgan fingerprint density at radius 1 is 1.17 bits per heavy atom. The van der Waals surface area contributed by atoms with E-state index < -0.39 is 31.1 Å². The van der Waals surface area contributed by atoms with Crippen molar-refractivity contribution in [2.24, 2.45) is 0 Å². The summed E-state index contributed by atoms with van der Waals surface area (Å²) >= 11 is 0. The zero-order valence-electron chi connectivity index (χ0n) is 16.1. The average Bonchev–Trinajstić information content (AvgIpc) is 3.31. The molecule has 1 amide bonds. The molecule has 0 aliphatic carbocycles. The Labute approximate surface area is 171 Å². The molecule has 4 atom stereocenters. The summed E-state index contributed by atoms with van der Waals surface area (Å²) in [6.45, 7) is -0.418. The number of fused-ring (bicyclic) bond motifs is 1. The lowest BCUT2D eigenvalue weighted by Crippen LogP contribution is -2.33. The zero-order chi connectivity index (χ0) is 21.3. The summed E-state index contributed by atoms with van der Waals surface area (Å²) in [7, 11) is 1.60. The molecule has 11 heteroatoms. The molecule has 5 N–H and O–H groups in total. The van der Waals surface area contributed by atoms with E-state index in [0.29, 0.717) is 23.4 Å². The van der Waals surface area contributed by atoms with Crippen LogP contribution in [-0.4, -0.2) is 72.7 Å². The molecule has 158 valence electrons. The molecular formula is C19H22N6O5. The lowest BCUT2D eigenvalue weighted by Gasteiger charge is -2.16. The largest absolute Gasteiger partial charge is 0.394 e. The minimum Gasteiger partial charge on any atom is -0.394 e. The van der Waals surface area contributed by atoms with Crippen LogP contribution >= 0.6 is 0 Å². The molecular weight excluding hydrogens is 392 g/mol. The number of imidazole rings is 1. The van der Waals surface area contributed by atoms with E-state index >= 15 is 0 Å². The van der Waals surface area contributed by atoms with Crippen molar-refractivity contribution in [3.63, 3.8) is 0 Å². The molecule has 3 aromatic rings. The fraction of sp³-hybridized carbons (Fsp3) is 0.368. The van der Waals surface area contributed by atoms with E-state index in [0.717, 1.165) is 11.3 Å². The first-order valence-electron chi connectivity index (χ1n) is 9.38. The van der Waals surface area contributed by atoms with Gasteiger partial charge in [-0.05, 0) is 17.7 Å². The smallest absolute Gasteiger partial charge is 0.224 e. The number of anilines is 2. The first-order chi connectivity index (χ1) is 14.5. The van der Waals surface area contributed by atoms with E-state index in [1.54, 1.807) is 7.05 Å². The molecule has 1 aliphatic rings. The Morgan fingerprint density at radius 3 is 2.60 bits per heavy atom. The van der Waals surface area contributed by atoms with Crippen molar-refractivity contribution in [2.45, 2.75) is 31.0 Å². The number of amides is 1. The Bertz CT molecular complexity index is 1040. The molecule has 0 bridgehead atoms. The topological polar surface area (TPSA) is 155 Å². The SMILES string of the molecule is CNC(=O)Cc1ccc(Nc2ncnc3c2ncn3[C@@H]2O[C@H](CO)[C@@H](O)[C@H]2O)cc1. The summed E-state index contributed by atoms with van der Waals surface area (Å²) in [5.41, 5.74) is 2.47. The zero-order valence-corrected chi connectivity index (χ0v) is 16.1. The van der Waals surface area contributed by atoms with E-state index in [-0.39, 0.29) is 5.91 Å². The number of carbonyl (C=O) groups is 1. The van der Waals surface area contributed by atoms with Crippen molar-refractivity contribution in [3.05, 3.63) is 42.5 Å². The van der Waals surface area contributed by atoms with Crippen LogP contribution in [0.3, 0.4) is 0 Å². The average molecular weight is 414 g/mol. The third-order valence-corrected chi connectivity index (χ3v) is 5.01. The van der Waals surface area contributed by atoms with Gasteiger partial charge >= 0.3 is 0 Å². The highest BCUT2D eigenvalue weighted by Crippen LogP contribution is 2.32. The number of aliphatic hydroxyl groups excluding tert-OH is 3. The number of aliphatic hydroxyl groups is 3. The number of ether oxygens (including phenoxy) is 1. The molecule has 0 radical (unpaired) electrons. The maximum absolute atomic E-state index is 11.5. The molecule has 1 aromatic carbocycles. The minimum absolute atomic E-state index is 0.0661. The summed E-state index contributed by atoms with van der Waals surface area (Å²) in [4.78, 5) is 24.3. The third kappa shape index (κ3) is 3.71. The van der Waals surface area contributed by atoms with Crippen LogP contribution in [-0.2, 0) is 16.0 Å². The summed E-state index contributed by atoms with van der Waals surface area (Å²) in [5, 5.41) is 35.3. The highest BCUT2D eigenvalue weighted by Gasteiger charge is 2.44. The Morgan fingerprint density at radius 2 is 1.93 bits per heavy atom. The van der Waals surface area contributed by atoms with Gasteiger partial charge in [0.15, 0.2) is 23.2 Å². The molecule has 0 saturated carbocycles. The number of nitrogens with one attached hydrogen (secondary N) is 2. The van der Waals surface area contributed by atoms with Gasteiger partial charge in [0, 0.05) is 12.7 Å². The maximum Gasteiger partial charge on any atom is 0.224 e. The standard InChI is InChI=1S/C19H22N6O5/c1-20-13(27)6-10-2-4-11(5-3-10)24-17-14-18(22-8-21-17)25(9-23-14)19-16(29)15(28)12(7-26)30-19/h2-5,8-9,12,15-16,19,26,28-29H,6-7H2,1H3,(H,20,27)(H,21,22,24)/t12-,15-,16-,19-/m1/s1. The quantitative estimate of drug-likeness (QED) is 0.358. The van der Waals surface area contributed by atoms with E-state index in [9.17, 15) is 20.1 Å². The second-order valence-corrected chi connectivity index (χ2v) is 6.95. The number of aromatic nitrogens is 4. The monoisotopic (exact) mass is 414 g/mol. The molecule has 4 rings (SSSR count). The third-order valence-electron chi connectivity index (χ3n) is 5.01. The molecule has 1 saturated heterocycles. The van der Waals surface area contributed by atoms with Gasteiger partial charge in [0.2, 0.25) is 5.91 Å². The number of benzene rings is 1. The summed E-state index contributed by atoms with van der Waals surface area (Å²) < 4.78 is 7.06. The molecule has 2 aromatic heterocycles. The van der Waals surface area contributed by atoms with Crippen LogP contribution in [0, 0.1) is 0 Å². The van der Waals surface area contributed by atoms with Crippen molar-refractivity contribution in [2.75, 3.05) is 19.0 Å². The van der Waals surface area contributed by atoms with Crippen molar-refractivity contribution in [3.8, 4) is 0 Å². The first kappa shape index (κ1) is 20.2. The van der Waals surface area contributed by atoms with Crippen LogP contribution in [0.2, 0.25) is 0 Å². The number of hydrogen-bond acceptors (Lipinski definition) is 9. The Balaban J connectivity index is 1.57. The fourth-order valence-corrected chi connectivity index (χ4v) is 3.36. The highest BCUT2D eigenvalue weighted by atomic mass is 16.6. The lowest BCUT2D eigenvalue weighted by atomic mass is 10.1. The summed E-state index contributed by atoms with van der Waals surface area (Å²) in [6, 6.07) is 7.34. The highest BCUT2D eigenvalue weighted by molar-refractivity contribution is 5.85. The van der Waals surface area contributed by atoms with E-state index in [2.05, 4.69) is 25.6 Å². The van der Waals surface area contributed by atoms with Crippen LogP contribution < -0.4 is 10.6 Å². The van der Waals surface area contributed by atoms with Gasteiger partial charge in [-0.15, -0.1) is 0 Å². The normalized spacial score (nSPS) is 23.6. The Kier molecular flexibility index (Phi) is 5.59. The van der Waals surface area contributed by atoms with Gasteiger partial charge in [-0.1, -0.05) is 12.1 Å². The molecule has 1 aliphatic heterocycles. The molecule has 0 spiro atoms. The van der Waals surface area contributed by atoms with Crippen molar-refractivity contribution in [1.29, 1.82) is 0 Å². The van der Waals surface area contributed by atoms with Crippen LogP contribution in [0.5, 0.6) is 0 Å². The second kappa shape index (κ2) is 8.32. The van der Waals surface area contributed by atoms with Crippen LogP contribution in [0.25, 0.3) is 11.2 Å². The first-order valence-corrected chi connectivity index (χ1v) is 9.38. The minimum atomic E-state index is -1.24. The van der Waals surface area contributed by atoms with Gasteiger partial charge in [0.1, 0.15) is 24.6 Å². The van der Waals surface area contributed by atoms with Crippen LogP contribution in [0.4, 0.5) is 11.5 Å². The number of likely N-dealkylation sites (N-methyl/N-ethyl adjacent to an activating group) is 1. The predicted octanol–water partition coefficient (Wildman–Crippen LogP) is -0.530. The number of hydrogen-bond donors (Lipinski definition) is 5. The number of carbonyl (C=O) groups excluding carboxylic acids is 1. The van der Waals surface area contributed by atoms with Gasteiger partial charge in [-0.2, -0.15) is 0 Å². The van der Waals surface area contributed by atoms with E-state index in [4.69, 9.17) is 4.74 Å². The molecule has 0 unspecified atom stereocenters. The maximum atomic E-state index is 11.5. The van der Waals surface area contributed by atoms with Crippen molar-refractivity contribution < 1.29 is 24.9 Å². The second-order valence-electron chi connectivity index (χ2n) is 6.95. The molecule has 30 heavy (non-hydrogen) atoms. The summed E-state index contributed by atoms with van der Waals surface area (Å²) in [5.74, 6) is 0.383.